The van der Waals surface area contributed by atoms with Crippen LogP contribution in [0.1, 0.15) is 19.0 Å². The van der Waals surface area contributed by atoms with Crippen LogP contribution in [0.5, 0.6) is 0 Å². The molecule has 0 amide bonds. The van der Waals surface area contributed by atoms with Crippen molar-refractivity contribution in [2.75, 3.05) is 13.1 Å². The van der Waals surface area contributed by atoms with Crippen molar-refractivity contribution in [2.24, 2.45) is 5.92 Å². The first-order valence-corrected chi connectivity index (χ1v) is 6.53. The second kappa shape index (κ2) is 4.49. The number of hydrogen-bond donors (Lipinski definition) is 1. The summed E-state index contributed by atoms with van der Waals surface area (Å²) in [5.74, 6) is 0.763. The topological polar surface area (TPSA) is 29.9 Å². The normalized spacial score (nSPS) is 20.2. The largest absolute Gasteiger partial charge is 0.316 e. The first-order chi connectivity index (χ1) is 8.38. The molecule has 3 heteroatoms. The van der Waals surface area contributed by atoms with Crippen LogP contribution < -0.4 is 5.32 Å². The Bertz CT molecular complexity index is 509. The molecule has 1 aromatic heterocycles. The number of hydrogen-bond acceptors (Lipinski definition) is 2. The molecule has 17 heavy (non-hydrogen) atoms. The third kappa shape index (κ3) is 1.95. The van der Waals surface area contributed by atoms with Gasteiger partial charge in [-0.1, -0.05) is 18.2 Å². The van der Waals surface area contributed by atoms with E-state index in [0.29, 0.717) is 0 Å². The van der Waals surface area contributed by atoms with Crippen molar-refractivity contribution in [3.05, 3.63) is 30.0 Å². The van der Waals surface area contributed by atoms with E-state index < -0.39 is 0 Å². The third-order valence-corrected chi connectivity index (χ3v) is 3.68. The van der Waals surface area contributed by atoms with Crippen LogP contribution in [-0.2, 0) is 13.0 Å². The van der Waals surface area contributed by atoms with E-state index in [4.69, 9.17) is 5.10 Å². The number of rotatable bonds is 3. The minimum Gasteiger partial charge on any atom is -0.316 e. The number of nitrogens with one attached hydrogen (secondary N) is 1. The lowest BCUT2D eigenvalue weighted by atomic mass is 10.0. The van der Waals surface area contributed by atoms with Crippen molar-refractivity contribution >= 4 is 10.9 Å². The van der Waals surface area contributed by atoms with Crippen molar-refractivity contribution in [1.29, 1.82) is 0 Å². The Balaban J connectivity index is 1.97. The van der Waals surface area contributed by atoms with Gasteiger partial charge in [0.15, 0.2) is 0 Å². The Morgan fingerprint density at radius 2 is 2.29 bits per heavy atom. The molecule has 1 unspecified atom stereocenters. The molecule has 1 N–H and O–H groups in total. The van der Waals surface area contributed by atoms with Crippen molar-refractivity contribution in [3.63, 3.8) is 0 Å². The Kier molecular flexibility index (Phi) is 2.85. The molecule has 3 nitrogen and oxygen atoms in total. The van der Waals surface area contributed by atoms with Gasteiger partial charge in [-0.25, -0.2) is 0 Å². The standard InChI is InChI=1S/C14H19N3/c1-2-17-14-6-4-3-5-12(14)13(16-17)9-11-7-8-15-10-11/h3-6,11,15H,2,7-10H2,1H3. The van der Waals surface area contributed by atoms with E-state index in [2.05, 4.69) is 41.2 Å². The summed E-state index contributed by atoms with van der Waals surface area (Å²) in [7, 11) is 0. The molecule has 1 aliphatic heterocycles. The molecule has 1 fully saturated rings. The molecule has 0 saturated carbocycles. The molecule has 2 heterocycles. The van der Waals surface area contributed by atoms with Crippen LogP contribution in [0.3, 0.4) is 0 Å². The first-order valence-electron chi connectivity index (χ1n) is 6.53. The predicted molar refractivity (Wildman–Crippen MR) is 70.1 cm³/mol. The van der Waals surface area contributed by atoms with Crippen LogP contribution in [-0.4, -0.2) is 22.9 Å². The van der Waals surface area contributed by atoms with Gasteiger partial charge in [-0.05, 0) is 44.8 Å². The van der Waals surface area contributed by atoms with Crippen LogP contribution >= 0.6 is 0 Å². The van der Waals surface area contributed by atoms with E-state index in [1.807, 2.05) is 0 Å². The molecule has 1 aromatic carbocycles. The first kappa shape index (κ1) is 10.8. The second-order valence-corrected chi connectivity index (χ2v) is 4.84. The van der Waals surface area contributed by atoms with Crippen LogP contribution in [0.15, 0.2) is 24.3 Å². The minimum absolute atomic E-state index is 0.763. The fraction of sp³-hybridized carbons (Fsp3) is 0.500. The zero-order valence-electron chi connectivity index (χ0n) is 10.3. The molecule has 1 aliphatic rings. The lowest BCUT2D eigenvalue weighted by molar-refractivity contribution is 0.560. The molecule has 0 radical (unpaired) electrons. The van der Waals surface area contributed by atoms with E-state index in [9.17, 15) is 0 Å². The Labute approximate surface area is 102 Å². The van der Waals surface area contributed by atoms with Gasteiger partial charge in [-0.15, -0.1) is 0 Å². The van der Waals surface area contributed by atoms with E-state index in [-0.39, 0.29) is 0 Å². The lowest BCUT2D eigenvalue weighted by Gasteiger charge is -2.05. The zero-order chi connectivity index (χ0) is 11.7. The van der Waals surface area contributed by atoms with Crippen molar-refractivity contribution in [3.8, 4) is 0 Å². The number of aryl methyl sites for hydroxylation is 1. The van der Waals surface area contributed by atoms with Gasteiger partial charge in [0, 0.05) is 11.9 Å². The summed E-state index contributed by atoms with van der Waals surface area (Å²) in [6.45, 7) is 5.41. The van der Waals surface area contributed by atoms with Gasteiger partial charge in [0.05, 0.1) is 11.2 Å². The van der Waals surface area contributed by atoms with Crippen LogP contribution in [0.4, 0.5) is 0 Å². The summed E-state index contributed by atoms with van der Waals surface area (Å²) in [5, 5.41) is 9.52. The summed E-state index contributed by atoms with van der Waals surface area (Å²) in [5.41, 5.74) is 2.55. The smallest absolute Gasteiger partial charge is 0.0706 e. The van der Waals surface area contributed by atoms with Crippen LogP contribution in [0.2, 0.25) is 0 Å². The zero-order valence-corrected chi connectivity index (χ0v) is 10.3. The number of aromatic nitrogens is 2. The number of nitrogens with zero attached hydrogens (tertiary/aromatic N) is 2. The summed E-state index contributed by atoms with van der Waals surface area (Å²) in [4.78, 5) is 0. The highest BCUT2D eigenvalue weighted by atomic mass is 15.3. The van der Waals surface area contributed by atoms with Gasteiger partial charge in [-0.2, -0.15) is 5.10 Å². The van der Waals surface area contributed by atoms with E-state index in [1.54, 1.807) is 0 Å². The Morgan fingerprint density at radius 1 is 1.41 bits per heavy atom. The van der Waals surface area contributed by atoms with Crippen molar-refractivity contribution in [1.82, 2.24) is 15.1 Å². The number of benzene rings is 1. The van der Waals surface area contributed by atoms with Gasteiger partial charge in [-0.3, -0.25) is 4.68 Å². The lowest BCUT2D eigenvalue weighted by Crippen LogP contribution is -2.11. The Morgan fingerprint density at radius 3 is 3.06 bits per heavy atom. The van der Waals surface area contributed by atoms with Gasteiger partial charge >= 0.3 is 0 Å². The van der Waals surface area contributed by atoms with Gasteiger partial charge < -0.3 is 5.32 Å². The summed E-state index contributed by atoms with van der Waals surface area (Å²) in [6.07, 6.45) is 2.40. The third-order valence-electron chi connectivity index (χ3n) is 3.68. The molecule has 90 valence electrons. The van der Waals surface area contributed by atoms with E-state index >= 15 is 0 Å². The fourth-order valence-electron chi connectivity index (χ4n) is 2.75. The summed E-state index contributed by atoms with van der Waals surface area (Å²) >= 11 is 0. The minimum atomic E-state index is 0.763. The molecule has 1 saturated heterocycles. The van der Waals surface area contributed by atoms with Gasteiger partial charge in [0.2, 0.25) is 0 Å². The van der Waals surface area contributed by atoms with E-state index in [0.717, 1.165) is 32.0 Å². The maximum Gasteiger partial charge on any atom is 0.0706 e. The molecule has 0 aliphatic carbocycles. The summed E-state index contributed by atoms with van der Waals surface area (Å²) in [6, 6.07) is 8.58. The van der Waals surface area contributed by atoms with E-state index in [1.165, 1.54) is 23.0 Å². The van der Waals surface area contributed by atoms with Gasteiger partial charge in [0.1, 0.15) is 0 Å². The molecule has 0 bridgehead atoms. The SMILES string of the molecule is CCn1nc(CC2CCNC2)c2ccccc21. The van der Waals surface area contributed by atoms with Crippen LogP contribution in [0.25, 0.3) is 10.9 Å². The fourth-order valence-corrected chi connectivity index (χ4v) is 2.75. The van der Waals surface area contributed by atoms with Crippen molar-refractivity contribution < 1.29 is 0 Å². The second-order valence-electron chi connectivity index (χ2n) is 4.84. The highest BCUT2D eigenvalue weighted by molar-refractivity contribution is 5.81. The maximum absolute atomic E-state index is 4.76. The molecule has 3 rings (SSSR count). The predicted octanol–water partition coefficient (Wildman–Crippen LogP) is 2.21. The maximum atomic E-state index is 4.76. The molecule has 0 spiro atoms. The molecule has 2 aromatic rings. The van der Waals surface area contributed by atoms with Gasteiger partial charge in [0.25, 0.3) is 0 Å². The van der Waals surface area contributed by atoms with Crippen LogP contribution in [0, 0.1) is 5.92 Å². The summed E-state index contributed by atoms with van der Waals surface area (Å²) < 4.78 is 2.12. The highest BCUT2D eigenvalue weighted by Crippen LogP contribution is 2.22. The quantitative estimate of drug-likeness (QED) is 0.874. The highest BCUT2D eigenvalue weighted by Gasteiger charge is 2.18. The van der Waals surface area contributed by atoms with Crippen molar-refractivity contribution in [2.45, 2.75) is 26.3 Å². The Hall–Kier alpha value is -1.35. The average Bonchev–Trinajstić information content (AvgIpc) is 2.98. The average molecular weight is 229 g/mol. The molecular formula is C14H19N3. The molecular weight excluding hydrogens is 210 g/mol. The number of fused-ring (bicyclic) bond motifs is 1. The molecule has 1 atom stereocenters. The number of para-hydroxylation sites is 1. The monoisotopic (exact) mass is 229 g/mol.